The first kappa shape index (κ1) is 20.6. The molecule has 3 aromatic carbocycles. The highest BCUT2D eigenvalue weighted by molar-refractivity contribution is 7.14. The molecule has 0 fully saturated rings. The highest BCUT2D eigenvalue weighted by Crippen LogP contribution is 2.28. The number of thiazole rings is 1. The molecular formula is C23H16F3N3OS. The van der Waals surface area contributed by atoms with Gasteiger partial charge in [-0.2, -0.15) is 5.10 Å². The van der Waals surface area contributed by atoms with Crippen LogP contribution >= 0.6 is 11.3 Å². The van der Waals surface area contributed by atoms with Crippen molar-refractivity contribution >= 4 is 22.7 Å². The van der Waals surface area contributed by atoms with Gasteiger partial charge >= 0.3 is 6.36 Å². The highest BCUT2D eigenvalue weighted by Gasteiger charge is 2.30. The number of anilines is 1. The molecule has 0 unspecified atom stereocenters. The average Bonchev–Trinajstić information content (AvgIpc) is 3.23. The molecule has 0 radical (unpaired) electrons. The van der Waals surface area contributed by atoms with E-state index in [1.807, 2.05) is 60.0 Å². The second-order valence-electron chi connectivity index (χ2n) is 6.43. The molecule has 4 aromatic rings. The summed E-state index contributed by atoms with van der Waals surface area (Å²) in [5, 5.41) is 6.87. The number of nitrogens with one attached hydrogen (secondary N) is 1. The summed E-state index contributed by atoms with van der Waals surface area (Å²) in [7, 11) is 0. The third kappa shape index (κ3) is 5.49. The first-order chi connectivity index (χ1) is 15.0. The van der Waals surface area contributed by atoms with Crippen LogP contribution in [0.15, 0.2) is 89.3 Å². The van der Waals surface area contributed by atoms with E-state index < -0.39 is 6.36 Å². The van der Waals surface area contributed by atoms with Gasteiger partial charge in [-0.3, -0.25) is 5.43 Å². The van der Waals surface area contributed by atoms with Crippen LogP contribution < -0.4 is 10.2 Å². The van der Waals surface area contributed by atoms with E-state index in [-0.39, 0.29) is 5.75 Å². The van der Waals surface area contributed by atoms with Crippen molar-refractivity contribution in [2.24, 2.45) is 5.10 Å². The number of alkyl halides is 3. The number of benzene rings is 3. The van der Waals surface area contributed by atoms with Crippen LogP contribution in [0.3, 0.4) is 0 Å². The molecular weight excluding hydrogens is 423 g/mol. The Morgan fingerprint density at radius 1 is 0.871 bits per heavy atom. The van der Waals surface area contributed by atoms with Crippen LogP contribution in [0.1, 0.15) is 5.56 Å². The first-order valence-corrected chi connectivity index (χ1v) is 10.1. The fraction of sp³-hybridized carbons (Fsp3) is 0.0435. The van der Waals surface area contributed by atoms with E-state index in [2.05, 4.69) is 20.2 Å². The number of aromatic nitrogens is 1. The second-order valence-corrected chi connectivity index (χ2v) is 7.29. The minimum absolute atomic E-state index is 0.262. The lowest BCUT2D eigenvalue weighted by Gasteiger charge is -2.10. The molecule has 0 bridgehead atoms. The quantitative estimate of drug-likeness (QED) is 0.265. The van der Waals surface area contributed by atoms with Gasteiger partial charge in [0, 0.05) is 16.5 Å². The smallest absolute Gasteiger partial charge is 0.406 e. The molecule has 1 heterocycles. The fourth-order valence-electron chi connectivity index (χ4n) is 2.93. The minimum atomic E-state index is -4.71. The number of ether oxygens (including phenoxy) is 1. The summed E-state index contributed by atoms with van der Waals surface area (Å²) in [5.41, 5.74) is 7.20. The molecule has 1 aromatic heterocycles. The zero-order chi connectivity index (χ0) is 21.7. The lowest BCUT2D eigenvalue weighted by Crippen LogP contribution is -2.16. The molecule has 0 aliphatic heterocycles. The van der Waals surface area contributed by atoms with Crippen LogP contribution in [0, 0.1) is 0 Å². The molecule has 8 heteroatoms. The van der Waals surface area contributed by atoms with Gasteiger partial charge in [0.05, 0.1) is 11.9 Å². The second kappa shape index (κ2) is 9.01. The largest absolute Gasteiger partial charge is 0.573 e. The van der Waals surface area contributed by atoms with Crippen molar-refractivity contribution < 1.29 is 17.9 Å². The van der Waals surface area contributed by atoms with Crippen molar-refractivity contribution in [1.82, 2.24) is 4.98 Å². The maximum Gasteiger partial charge on any atom is 0.573 e. The standard InChI is InChI=1S/C23H16F3N3OS/c24-23(25,26)30-19-12-10-16(11-13-19)20-9-5-4-8-18(20)14-27-29-22-28-21(15-31-22)17-6-2-1-3-7-17/h1-15H,(H,28,29). The SMILES string of the molecule is FC(F)(F)Oc1ccc(-c2ccccc2C=NNc2nc(-c3ccccc3)cs2)cc1. The van der Waals surface area contributed by atoms with Crippen molar-refractivity contribution in [3.05, 3.63) is 89.8 Å². The van der Waals surface area contributed by atoms with Crippen LogP contribution in [0.5, 0.6) is 5.75 Å². The van der Waals surface area contributed by atoms with Crippen molar-refractivity contribution in [1.29, 1.82) is 0 Å². The number of rotatable bonds is 6. The molecule has 0 aliphatic carbocycles. The van der Waals surface area contributed by atoms with Gasteiger partial charge in [0.2, 0.25) is 5.13 Å². The van der Waals surface area contributed by atoms with Crippen molar-refractivity contribution in [2.45, 2.75) is 6.36 Å². The van der Waals surface area contributed by atoms with E-state index in [0.717, 1.165) is 27.9 Å². The molecule has 0 saturated heterocycles. The summed E-state index contributed by atoms with van der Waals surface area (Å²) >= 11 is 1.44. The van der Waals surface area contributed by atoms with E-state index in [1.54, 1.807) is 18.3 Å². The molecule has 31 heavy (non-hydrogen) atoms. The predicted octanol–water partition coefficient (Wildman–Crippen LogP) is 6.82. The Morgan fingerprint density at radius 2 is 1.58 bits per heavy atom. The lowest BCUT2D eigenvalue weighted by molar-refractivity contribution is -0.274. The van der Waals surface area contributed by atoms with Gasteiger partial charge in [-0.25, -0.2) is 4.98 Å². The summed E-state index contributed by atoms with van der Waals surface area (Å²) in [5.74, 6) is -0.262. The molecule has 0 saturated carbocycles. The Kier molecular flexibility index (Phi) is 5.99. The summed E-state index contributed by atoms with van der Waals surface area (Å²) in [6.45, 7) is 0. The molecule has 4 nitrogen and oxygen atoms in total. The number of halogens is 3. The Morgan fingerprint density at radius 3 is 2.32 bits per heavy atom. The van der Waals surface area contributed by atoms with Gasteiger partial charge in [0.1, 0.15) is 5.75 Å². The molecule has 0 amide bonds. The van der Waals surface area contributed by atoms with Crippen LogP contribution in [0.25, 0.3) is 22.4 Å². The van der Waals surface area contributed by atoms with E-state index >= 15 is 0 Å². The minimum Gasteiger partial charge on any atom is -0.406 e. The zero-order valence-corrected chi connectivity index (χ0v) is 16.8. The molecule has 0 atom stereocenters. The van der Waals surface area contributed by atoms with Crippen molar-refractivity contribution in [3.8, 4) is 28.1 Å². The monoisotopic (exact) mass is 439 g/mol. The zero-order valence-electron chi connectivity index (χ0n) is 16.0. The Hall–Kier alpha value is -3.65. The van der Waals surface area contributed by atoms with E-state index in [0.29, 0.717) is 5.13 Å². The van der Waals surface area contributed by atoms with Crippen LogP contribution in [0.2, 0.25) is 0 Å². The number of hydrogen-bond donors (Lipinski definition) is 1. The van der Waals surface area contributed by atoms with Gasteiger partial charge in [-0.1, -0.05) is 66.7 Å². The topological polar surface area (TPSA) is 46.5 Å². The third-order valence-electron chi connectivity index (χ3n) is 4.30. The molecule has 0 spiro atoms. The van der Waals surface area contributed by atoms with E-state index in [1.165, 1.54) is 23.5 Å². The van der Waals surface area contributed by atoms with Crippen LogP contribution in [0.4, 0.5) is 18.3 Å². The Labute approximate surface area is 180 Å². The highest BCUT2D eigenvalue weighted by atomic mass is 32.1. The van der Waals surface area contributed by atoms with Crippen LogP contribution in [-0.2, 0) is 0 Å². The van der Waals surface area contributed by atoms with Gasteiger partial charge < -0.3 is 4.74 Å². The van der Waals surface area contributed by atoms with E-state index in [9.17, 15) is 13.2 Å². The van der Waals surface area contributed by atoms with Gasteiger partial charge in [0.25, 0.3) is 0 Å². The molecule has 156 valence electrons. The predicted molar refractivity (Wildman–Crippen MR) is 117 cm³/mol. The maximum absolute atomic E-state index is 12.4. The number of hydrazone groups is 1. The molecule has 1 N–H and O–H groups in total. The lowest BCUT2D eigenvalue weighted by atomic mass is 10.0. The normalized spacial score (nSPS) is 11.6. The summed E-state index contributed by atoms with van der Waals surface area (Å²) < 4.78 is 41.0. The average molecular weight is 439 g/mol. The first-order valence-electron chi connectivity index (χ1n) is 9.23. The summed E-state index contributed by atoms with van der Waals surface area (Å²) in [4.78, 5) is 4.52. The van der Waals surface area contributed by atoms with Gasteiger partial charge in [-0.15, -0.1) is 24.5 Å². The number of hydrogen-bond acceptors (Lipinski definition) is 5. The molecule has 0 aliphatic rings. The molecule has 4 rings (SSSR count). The maximum atomic E-state index is 12.4. The fourth-order valence-corrected chi connectivity index (χ4v) is 3.60. The van der Waals surface area contributed by atoms with Crippen molar-refractivity contribution in [3.63, 3.8) is 0 Å². The van der Waals surface area contributed by atoms with E-state index in [4.69, 9.17) is 0 Å². The Bertz CT molecular complexity index is 1170. The summed E-state index contributed by atoms with van der Waals surface area (Å²) in [6, 6.07) is 23.0. The van der Waals surface area contributed by atoms with Gasteiger partial charge in [-0.05, 0) is 23.3 Å². The Balaban J connectivity index is 1.48. The van der Waals surface area contributed by atoms with Crippen molar-refractivity contribution in [2.75, 3.05) is 5.43 Å². The van der Waals surface area contributed by atoms with Crippen LogP contribution in [-0.4, -0.2) is 17.6 Å². The number of nitrogens with zero attached hydrogens (tertiary/aromatic N) is 2. The third-order valence-corrected chi connectivity index (χ3v) is 5.04. The van der Waals surface area contributed by atoms with Gasteiger partial charge in [0.15, 0.2) is 0 Å². The summed E-state index contributed by atoms with van der Waals surface area (Å²) in [6.07, 6.45) is -3.06.